The normalized spacial score (nSPS) is 11.2. The molecule has 0 spiro atoms. The van der Waals surface area contributed by atoms with Crippen LogP contribution in [0.15, 0.2) is 9.95 Å². The summed E-state index contributed by atoms with van der Waals surface area (Å²) in [5.41, 5.74) is 0.157. The van der Waals surface area contributed by atoms with Gasteiger partial charge in [-0.3, -0.25) is 4.79 Å². The summed E-state index contributed by atoms with van der Waals surface area (Å²) in [5.74, 6) is 1.51. The van der Waals surface area contributed by atoms with E-state index in [1.807, 2.05) is 6.26 Å². The van der Waals surface area contributed by atoms with E-state index in [9.17, 15) is 9.90 Å². The summed E-state index contributed by atoms with van der Waals surface area (Å²) < 4.78 is 0. The molecule has 1 aromatic rings. The quantitative estimate of drug-likeness (QED) is 0.535. The Morgan fingerprint density at radius 2 is 2.00 bits per heavy atom. The zero-order chi connectivity index (χ0) is 15.0. The van der Waals surface area contributed by atoms with Crippen LogP contribution in [-0.2, 0) is 6.42 Å². The monoisotopic (exact) mass is 317 g/mol. The predicted octanol–water partition coefficient (Wildman–Crippen LogP) is 1.81. The van der Waals surface area contributed by atoms with E-state index in [0.29, 0.717) is 17.1 Å². The van der Waals surface area contributed by atoms with Crippen LogP contribution in [0.5, 0.6) is 5.88 Å². The second-order valence-electron chi connectivity index (χ2n) is 4.29. The van der Waals surface area contributed by atoms with Gasteiger partial charge in [0, 0.05) is 12.3 Å². The van der Waals surface area contributed by atoms with E-state index in [1.165, 1.54) is 11.8 Å². The summed E-state index contributed by atoms with van der Waals surface area (Å²) in [6.07, 6.45) is 2.51. The van der Waals surface area contributed by atoms with Gasteiger partial charge in [-0.05, 0) is 31.5 Å². The number of aromatic hydroxyl groups is 1. The molecule has 0 fully saturated rings. The highest BCUT2D eigenvalue weighted by molar-refractivity contribution is 7.99. The van der Waals surface area contributed by atoms with Gasteiger partial charge in [0.15, 0.2) is 5.16 Å². The summed E-state index contributed by atoms with van der Waals surface area (Å²) in [5, 5.41) is 10.3. The van der Waals surface area contributed by atoms with Crippen molar-refractivity contribution in [2.45, 2.75) is 25.4 Å². The number of aromatic amines is 1. The van der Waals surface area contributed by atoms with E-state index in [-0.39, 0.29) is 11.4 Å². The standard InChI is InChI=1S/C13H23N3O2S2/c1-4-16(5-2)7-9-20-13-14-11(17)10(6-8-19-3)12(18)15-13/h4-9H2,1-3H3,(H2,14,15,17,18). The Morgan fingerprint density at radius 1 is 1.30 bits per heavy atom. The molecule has 1 rings (SSSR count). The first kappa shape index (κ1) is 17.4. The van der Waals surface area contributed by atoms with Crippen molar-refractivity contribution in [1.82, 2.24) is 14.9 Å². The summed E-state index contributed by atoms with van der Waals surface area (Å²) in [6.45, 7) is 7.22. The molecule has 0 saturated heterocycles. The van der Waals surface area contributed by atoms with Crippen LogP contribution < -0.4 is 5.56 Å². The first-order valence-electron chi connectivity index (χ1n) is 6.78. The van der Waals surface area contributed by atoms with Gasteiger partial charge >= 0.3 is 0 Å². The van der Waals surface area contributed by atoms with Crippen LogP contribution in [0.25, 0.3) is 0 Å². The van der Waals surface area contributed by atoms with Gasteiger partial charge < -0.3 is 15.0 Å². The van der Waals surface area contributed by atoms with Gasteiger partial charge in [0.1, 0.15) is 0 Å². The number of thioether (sulfide) groups is 2. The minimum absolute atomic E-state index is 0.131. The molecule has 0 bridgehead atoms. The van der Waals surface area contributed by atoms with E-state index in [0.717, 1.165) is 31.1 Å². The second kappa shape index (κ2) is 9.31. The minimum Gasteiger partial charge on any atom is -0.493 e. The SMILES string of the molecule is CCN(CC)CCSc1nc(O)c(CCSC)c(=O)[nH]1. The van der Waals surface area contributed by atoms with Gasteiger partial charge in [-0.1, -0.05) is 25.6 Å². The number of nitrogens with zero attached hydrogens (tertiary/aromatic N) is 2. The van der Waals surface area contributed by atoms with Crippen LogP contribution in [0.3, 0.4) is 0 Å². The lowest BCUT2D eigenvalue weighted by Crippen LogP contribution is -2.25. The molecule has 1 aromatic heterocycles. The average molecular weight is 317 g/mol. The fourth-order valence-corrected chi connectivity index (χ4v) is 3.04. The molecule has 0 aromatic carbocycles. The molecule has 0 aliphatic carbocycles. The summed E-state index contributed by atoms with van der Waals surface area (Å²) in [7, 11) is 0. The lowest BCUT2D eigenvalue weighted by Gasteiger charge is -2.17. The number of H-pyrrole nitrogens is 1. The van der Waals surface area contributed by atoms with Gasteiger partial charge in [0.25, 0.3) is 5.56 Å². The maximum absolute atomic E-state index is 11.9. The van der Waals surface area contributed by atoms with Crippen LogP contribution in [0.4, 0.5) is 0 Å². The smallest absolute Gasteiger partial charge is 0.258 e. The van der Waals surface area contributed by atoms with Gasteiger partial charge in [-0.25, -0.2) is 0 Å². The minimum atomic E-state index is -0.225. The van der Waals surface area contributed by atoms with Crippen LogP contribution >= 0.6 is 23.5 Å². The summed E-state index contributed by atoms with van der Waals surface area (Å²) in [6, 6.07) is 0. The zero-order valence-electron chi connectivity index (χ0n) is 12.3. The number of hydrogen-bond acceptors (Lipinski definition) is 6. The molecule has 1 heterocycles. The number of rotatable bonds is 9. The summed E-state index contributed by atoms with van der Waals surface area (Å²) >= 11 is 3.10. The highest BCUT2D eigenvalue weighted by atomic mass is 32.2. The first-order valence-corrected chi connectivity index (χ1v) is 9.16. The molecule has 7 heteroatoms. The molecule has 0 atom stereocenters. The van der Waals surface area contributed by atoms with E-state index >= 15 is 0 Å². The molecule has 0 radical (unpaired) electrons. The molecular formula is C13H23N3O2S2. The first-order chi connectivity index (χ1) is 9.62. The highest BCUT2D eigenvalue weighted by Gasteiger charge is 2.11. The van der Waals surface area contributed by atoms with E-state index < -0.39 is 0 Å². The Labute approximate surface area is 128 Å². The second-order valence-corrected chi connectivity index (χ2v) is 6.36. The van der Waals surface area contributed by atoms with Crippen LogP contribution in [0.2, 0.25) is 0 Å². The van der Waals surface area contributed by atoms with Crippen LogP contribution in [-0.4, -0.2) is 57.4 Å². The Balaban J connectivity index is 2.62. The molecule has 0 amide bonds. The highest BCUT2D eigenvalue weighted by Crippen LogP contribution is 2.17. The molecule has 0 saturated carbocycles. The Kier molecular flexibility index (Phi) is 8.09. The average Bonchev–Trinajstić information content (AvgIpc) is 2.43. The Morgan fingerprint density at radius 3 is 2.55 bits per heavy atom. The van der Waals surface area contributed by atoms with Crippen LogP contribution in [0, 0.1) is 0 Å². The maximum Gasteiger partial charge on any atom is 0.258 e. The lowest BCUT2D eigenvalue weighted by atomic mass is 10.2. The fourth-order valence-electron chi connectivity index (χ4n) is 1.77. The maximum atomic E-state index is 11.9. The van der Waals surface area contributed by atoms with Crippen molar-refractivity contribution < 1.29 is 5.11 Å². The number of nitrogens with one attached hydrogen (secondary N) is 1. The molecule has 114 valence electrons. The largest absolute Gasteiger partial charge is 0.493 e. The molecule has 0 aliphatic heterocycles. The van der Waals surface area contributed by atoms with Crippen molar-refractivity contribution >= 4 is 23.5 Å². The summed E-state index contributed by atoms with van der Waals surface area (Å²) in [4.78, 5) is 21.0. The molecule has 5 nitrogen and oxygen atoms in total. The van der Waals surface area contributed by atoms with Crippen molar-refractivity contribution in [2.24, 2.45) is 0 Å². The van der Waals surface area contributed by atoms with Gasteiger partial charge in [0.05, 0.1) is 5.56 Å². The number of aromatic nitrogens is 2. The molecule has 2 N–H and O–H groups in total. The fraction of sp³-hybridized carbons (Fsp3) is 0.692. The van der Waals surface area contributed by atoms with Crippen LogP contribution in [0.1, 0.15) is 19.4 Å². The molecule has 0 unspecified atom stereocenters. The Hall–Kier alpha value is -0.660. The molecule has 0 aliphatic rings. The van der Waals surface area contributed by atoms with E-state index in [2.05, 4.69) is 28.7 Å². The third kappa shape index (κ3) is 5.38. The van der Waals surface area contributed by atoms with Crippen molar-refractivity contribution in [1.29, 1.82) is 0 Å². The predicted molar refractivity (Wildman–Crippen MR) is 87.1 cm³/mol. The van der Waals surface area contributed by atoms with Crippen molar-refractivity contribution in [3.05, 3.63) is 15.9 Å². The topological polar surface area (TPSA) is 69.2 Å². The zero-order valence-corrected chi connectivity index (χ0v) is 13.9. The van der Waals surface area contributed by atoms with Gasteiger partial charge in [-0.2, -0.15) is 16.7 Å². The van der Waals surface area contributed by atoms with Crippen molar-refractivity contribution in [2.75, 3.05) is 37.4 Å². The lowest BCUT2D eigenvalue weighted by molar-refractivity contribution is 0.324. The third-order valence-corrected chi connectivity index (χ3v) is 4.53. The Bertz CT molecular complexity index is 461. The van der Waals surface area contributed by atoms with Crippen molar-refractivity contribution in [3.63, 3.8) is 0 Å². The third-order valence-electron chi connectivity index (χ3n) is 3.07. The van der Waals surface area contributed by atoms with E-state index in [4.69, 9.17) is 0 Å². The van der Waals surface area contributed by atoms with E-state index in [1.54, 1.807) is 11.8 Å². The van der Waals surface area contributed by atoms with Gasteiger partial charge in [-0.15, -0.1) is 0 Å². The van der Waals surface area contributed by atoms with Crippen molar-refractivity contribution in [3.8, 4) is 5.88 Å². The molecular weight excluding hydrogens is 294 g/mol. The molecule has 20 heavy (non-hydrogen) atoms. The van der Waals surface area contributed by atoms with Gasteiger partial charge in [0.2, 0.25) is 5.88 Å². The number of hydrogen-bond donors (Lipinski definition) is 2.